The molecule has 1 atom stereocenters. The fourth-order valence-electron chi connectivity index (χ4n) is 3.20. The van der Waals surface area contributed by atoms with Crippen LogP contribution in [0.15, 0.2) is 30.4 Å². The van der Waals surface area contributed by atoms with Crippen molar-refractivity contribution >= 4 is 5.95 Å². The number of rotatable bonds is 2. The Kier molecular flexibility index (Phi) is 4.25. The average Bonchev–Trinajstić information content (AvgIpc) is 3.00. The van der Waals surface area contributed by atoms with Crippen LogP contribution in [-0.2, 0) is 10.8 Å². The zero-order valence-electron chi connectivity index (χ0n) is 16.4. The van der Waals surface area contributed by atoms with Crippen molar-refractivity contribution in [3.63, 3.8) is 0 Å². The van der Waals surface area contributed by atoms with Gasteiger partial charge in [-0.25, -0.2) is 4.68 Å². The van der Waals surface area contributed by atoms with Gasteiger partial charge in [-0.05, 0) is 28.0 Å². The van der Waals surface area contributed by atoms with E-state index in [1.54, 1.807) is 0 Å². The van der Waals surface area contributed by atoms with Gasteiger partial charge in [0.25, 0.3) is 5.70 Å². The van der Waals surface area contributed by atoms with Gasteiger partial charge in [-0.3, -0.25) is 10.1 Å². The van der Waals surface area contributed by atoms with Crippen molar-refractivity contribution in [1.29, 1.82) is 0 Å². The van der Waals surface area contributed by atoms with Crippen LogP contribution < -0.4 is 5.32 Å². The van der Waals surface area contributed by atoms with E-state index in [-0.39, 0.29) is 22.3 Å². The fraction of sp³-hybridized carbons (Fsp3) is 0.474. The molecule has 0 saturated heterocycles. The van der Waals surface area contributed by atoms with Crippen LogP contribution >= 0.6 is 0 Å². The zero-order chi connectivity index (χ0) is 20.1. The number of benzene rings is 1. The lowest BCUT2D eigenvalue weighted by Gasteiger charge is -2.30. The maximum atomic E-state index is 11.7. The van der Waals surface area contributed by atoms with Gasteiger partial charge in [0.15, 0.2) is 6.04 Å². The third-order valence-corrected chi connectivity index (χ3v) is 4.77. The minimum atomic E-state index is -0.873. The number of nitro groups is 1. The Hall–Kier alpha value is -2.90. The lowest BCUT2D eigenvalue weighted by molar-refractivity contribution is -0.431. The highest BCUT2D eigenvalue weighted by Crippen LogP contribution is 2.43. The topological polar surface area (TPSA) is 106 Å². The number of hydrogen-bond acceptors (Lipinski definition) is 6. The molecule has 2 N–H and O–H groups in total. The van der Waals surface area contributed by atoms with Crippen molar-refractivity contribution in [1.82, 2.24) is 14.8 Å². The smallest absolute Gasteiger partial charge is 0.291 e. The van der Waals surface area contributed by atoms with Gasteiger partial charge < -0.3 is 10.4 Å². The van der Waals surface area contributed by atoms with Gasteiger partial charge in [-0.2, -0.15) is 10.1 Å². The highest BCUT2D eigenvalue weighted by atomic mass is 16.6. The van der Waals surface area contributed by atoms with E-state index >= 15 is 0 Å². The number of allylic oxidation sites excluding steroid dienone is 1. The van der Waals surface area contributed by atoms with Gasteiger partial charge in [0, 0.05) is 5.56 Å². The number of hydrogen-bond donors (Lipinski definition) is 2. The molecule has 8 nitrogen and oxygen atoms in total. The third kappa shape index (κ3) is 3.27. The molecule has 144 valence electrons. The standard InChI is InChI=1S/C19H25N5O3/c1-18(2,3)11-7-12(16(25)13(8-11)19(4,5)6)15-14(24(26)27)9-20-17-21-10-22-23(15)17/h7-10,15,25H,1-6H3,(H,20,21,22). The van der Waals surface area contributed by atoms with Crippen molar-refractivity contribution in [3.8, 4) is 5.75 Å². The molecule has 0 bridgehead atoms. The largest absolute Gasteiger partial charge is 0.507 e. The second kappa shape index (κ2) is 6.07. The number of fused-ring (bicyclic) bond motifs is 1. The van der Waals surface area contributed by atoms with E-state index in [1.165, 1.54) is 17.2 Å². The summed E-state index contributed by atoms with van der Waals surface area (Å²) in [4.78, 5) is 15.3. The molecule has 0 radical (unpaired) electrons. The molecular weight excluding hydrogens is 346 g/mol. The molecule has 8 heteroatoms. The summed E-state index contributed by atoms with van der Waals surface area (Å²) in [6, 6.07) is 2.95. The van der Waals surface area contributed by atoms with Crippen molar-refractivity contribution in [3.05, 3.63) is 57.2 Å². The molecule has 0 aliphatic carbocycles. The minimum Gasteiger partial charge on any atom is -0.507 e. The third-order valence-electron chi connectivity index (χ3n) is 4.77. The Morgan fingerprint density at radius 1 is 1.19 bits per heavy atom. The zero-order valence-corrected chi connectivity index (χ0v) is 16.4. The minimum absolute atomic E-state index is 0.0524. The number of phenols is 1. The summed E-state index contributed by atoms with van der Waals surface area (Å²) in [7, 11) is 0. The summed E-state index contributed by atoms with van der Waals surface area (Å²) in [5, 5.41) is 29.7. The molecule has 1 unspecified atom stereocenters. The van der Waals surface area contributed by atoms with Gasteiger partial charge in [-0.1, -0.05) is 47.6 Å². The molecule has 1 aliphatic heterocycles. The van der Waals surface area contributed by atoms with E-state index in [0.717, 1.165) is 11.1 Å². The van der Waals surface area contributed by atoms with Crippen LogP contribution in [0.2, 0.25) is 0 Å². The van der Waals surface area contributed by atoms with Crippen LogP contribution in [0, 0.1) is 10.1 Å². The second-order valence-corrected chi connectivity index (χ2v) is 8.86. The number of aromatic hydroxyl groups is 1. The molecule has 1 aromatic carbocycles. The predicted molar refractivity (Wildman–Crippen MR) is 102 cm³/mol. The van der Waals surface area contributed by atoms with E-state index in [0.29, 0.717) is 11.5 Å². The molecule has 3 rings (SSSR count). The Balaban J connectivity index is 2.33. The van der Waals surface area contributed by atoms with E-state index in [1.807, 2.05) is 32.9 Å². The number of nitrogens with one attached hydrogen (secondary N) is 1. The first-order chi connectivity index (χ1) is 12.4. The first kappa shape index (κ1) is 18.9. The molecule has 27 heavy (non-hydrogen) atoms. The molecule has 1 aliphatic rings. The van der Waals surface area contributed by atoms with Gasteiger partial charge in [0.2, 0.25) is 5.95 Å². The van der Waals surface area contributed by atoms with Gasteiger partial charge in [0.1, 0.15) is 12.1 Å². The summed E-state index contributed by atoms with van der Waals surface area (Å²) < 4.78 is 1.44. The van der Waals surface area contributed by atoms with Crippen LogP contribution in [0.5, 0.6) is 5.75 Å². The summed E-state index contributed by atoms with van der Waals surface area (Å²) >= 11 is 0. The molecule has 2 aromatic rings. The number of phenolic OH excluding ortho intramolecular Hbond substituents is 1. The molecular formula is C19H25N5O3. The average molecular weight is 371 g/mol. The van der Waals surface area contributed by atoms with Gasteiger partial charge >= 0.3 is 0 Å². The van der Waals surface area contributed by atoms with E-state index in [2.05, 4.69) is 36.2 Å². The summed E-state index contributed by atoms with van der Waals surface area (Å²) in [6.45, 7) is 12.2. The van der Waals surface area contributed by atoms with Crippen LogP contribution in [0.1, 0.15) is 64.3 Å². The first-order valence-corrected chi connectivity index (χ1v) is 8.79. The van der Waals surface area contributed by atoms with Gasteiger partial charge in [-0.15, -0.1) is 0 Å². The molecule has 0 spiro atoms. The predicted octanol–water partition coefficient (Wildman–Crippen LogP) is 3.71. The van der Waals surface area contributed by atoms with Crippen molar-refractivity contribution in [2.24, 2.45) is 0 Å². The maximum absolute atomic E-state index is 11.7. The van der Waals surface area contributed by atoms with Crippen LogP contribution in [0.4, 0.5) is 5.95 Å². The van der Waals surface area contributed by atoms with Crippen LogP contribution in [0.3, 0.4) is 0 Å². The highest BCUT2D eigenvalue weighted by molar-refractivity contribution is 5.53. The molecule has 0 amide bonds. The van der Waals surface area contributed by atoms with Gasteiger partial charge in [0.05, 0.1) is 11.1 Å². The molecule has 0 fully saturated rings. The summed E-state index contributed by atoms with van der Waals surface area (Å²) in [5.41, 5.74) is 1.55. The van der Waals surface area contributed by atoms with Crippen molar-refractivity contribution in [2.75, 3.05) is 5.32 Å². The Bertz CT molecular complexity index is 932. The van der Waals surface area contributed by atoms with E-state index in [4.69, 9.17) is 0 Å². The normalized spacial score (nSPS) is 17.1. The Labute approximate surface area is 158 Å². The lowest BCUT2D eigenvalue weighted by atomic mass is 9.78. The number of nitrogens with zero attached hydrogens (tertiary/aromatic N) is 4. The monoisotopic (exact) mass is 371 g/mol. The molecule has 1 aromatic heterocycles. The van der Waals surface area contributed by atoms with Crippen molar-refractivity contribution in [2.45, 2.75) is 58.4 Å². The lowest BCUT2D eigenvalue weighted by Crippen LogP contribution is -2.27. The molecule has 2 heterocycles. The first-order valence-electron chi connectivity index (χ1n) is 8.79. The van der Waals surface area contributed by atoms with Crippen LogP contribution in [-0.4, -0.2) is 24.8 Å². The molecule has 0 saturated carbocycles. The van der Waals surface area contributed by atoms with E-state index in [9.17, 15) is 15.2 Å². The van der Waals surface area contributed by atoms with E-state index < -0.39 is 11.0 Å². The van der Waals surface area contributed by atoms with Crippen molar-refractivity contribution < 1.29 is 10.0 Å². The SMILES string of the molecule is CC(C)(C)c1cc(C2C([N+](=O)[O-])=CNc3ncnn32)c(O)c(C(C)(C)C)c1. The highest BCUT2D eigenvalue weighted by Gasteiger charge is 2.38. The Morgan fingerprint density at radius 2 is 1.85 bits per heavy atom. The number of aromatic nitrogens is 3. The summed E-state index contributed by atoms with van der Waals surface area (Å²) in [5.74, 6) is 0.445. The second-order valence-electron chi connectivity index (χ2n) is 8.86. The van der Waals surface area contributed by atoms with Crippen LogP contribution in [0.25, 0.3) is 0 Å². The summed E-state index contributed by atoms with van der Waals surface area (Å²) in [6.07, 6.45) is 2.65. The Morgan fingerprint density at radius 3 is 2.41 bits per heavy atom. The fourth-order valence-corrected chi connectivity index (χ4v) is 3.20. The maximum Gasteiger partial charge on any atom is 0.291 e. The number of anilines is 1. The quantitative estimate of drug-likeness (QED) is 0.616.